The highest BCUT2D eigenvalue weighted by Crippen LogP contribution is 2.42. The average Bonchev–Trinajstić information content (AvgIpc) is 3.26. The molecule has 35 heavy (non-hydrogen) atoms. The van der Waals surface area contributed by atoms with Gasteiger partial charge in [0.15, 0.2) is 0 Å². The Morgan fingerprint density at radius 1 is 1.09 bits per heavy atom. The maximum atomic E-state index is 12.7. The monoisotopic (exact) mass is 504 g/mol. The van der Waals surface area contributed by atoms with Gasteiger partial charge in [0.05, 0.1) is 16.0 Å². The molecule has 5 rings (SSSR count). The summed E-state index contributed by atoms with van der Waals surface area (Å²) in [5.74, 6) is 0.795. The van der Waals surface area contributed by atoms with Gasteiger partial charge in [-0.1, -0.05) is 55.9 Å². The largest absolute Gasteiger partial charge is 0.353 e. The first-order valence-electron chi connectivity index (χ1n) is 12.6. The predicted octanol–water partition coefficient (Wildman–Crippen LogP) is 6.47. The molecule has 0 bridgehead atoms. The van der Waals surface area contributed by atoms with E-state index in [1.54, 1.807) is 17.7 Å². The van der Waals surface area contributed by atoms with Crippen LogP contribution in [0.25, 0.3) is 20.4 Å². The van der Waals surface area contributed by atoms with E-state index in [1.807, 2.05) is 6.07 Å². The Morgan fingerprint density at radius 3 is 2.63 bits per heavy atom. The van der Waals surface area contributed by atoms with Crippen molar-refractivity contribution in [1.29, 1.82) is 0 Å². The highest BCUT2D eigenvalue weighted by Gasteiger charge is 2.24. The van der Waals surface area contributed by atoms with E-state index in [0.29, 0.717) is 11.7 Å². The molecule has 0 saturated carbocycles. The lowest BCUT2D eigenvalue weighted by atomic mass is 9.86. The van der Waals surface area contributed by atoms with E-state index in [9.17, 15) is 4.79 Å². The molecule has 0 aliphatic heterocycles. The summed E-state index contributed by atoms with van der Waals surface area (Å²) in [4.78, 5) is 28.1. The van der Waals surface area contributed by atoms with Crippen LogP contribution in [0, 0.1) is 0 Å². The first-order valence-corrected chi connectivity index (χ1v) is 14.4. The number of rotatable bonds is 8. The van der Waals surface area contributed by atoms with Crippen LogP contribution in [0.1, 0.15) is 68.3 Å². The van der Waals surface area contributed by atoms with E-state index >= 15 is 0 Å². The lowest BCUT2D eigenvalue weighted by Gasteiger charge is -2.21. The number of nitrogens with zero attached hydrogens (tertiary/aromatic N) is 3. The smallest absolute Gasteiger partial charge is 0.230 e. The van der Waals surface area contributed by atoms with E-state index in [4.69, 9.17) is 4.98 Å². The fourth-order valence-electron chi connectivity index (χ4n) is 5.00. The van der Waals surface area contributed by atoms with Crippen LogP contribution in [0.3, 0.4) is 0 Å². The number of carbonyl (C=O) groups is 1. The van der Waals surface area contributed by atoms with E-state index in [2.05, 4.69) is 60.3 Å². The highest BCUT2D eigenvalue weighted by atomic mass is 32.2. The molecule has 0 spiro atoms. The van der Waals surface area contributed by atoms with Gasteiger partial charge in [0.1, 0.15) is 16.2 Å². The number of thioether (sulfide) groups is 1. The summed E-state index contributed by atoms with van der Waals surface area (Å²) in [5, 5.41) is 5.23. The number of carbonyl (C=O) groups excluding carboxylic acids is 1. The number of benzene rings is 1. The molecule has 3 aromatic heterocycles. The Labute approximate surface area is 215 Å². The maximum absolute atomic E-state index is 12.7. The molecule has 1 aliphatic rings. The molecule has 1 aromatic carbocycles. The number of hydrogen-bond donors (Lipinski definition) is 1. The van der Waals surface area contributed by atoms with Gasteiger partial charge in [-0.3, -0.25) is 4.79 Å². The molecule has 1 N–H and O–H groups in total. The minimum atomic E-state index is 0.0426. The van der Waals surface area contributed by atoms with Gasteiger partial charge in [-0.25, -0.2) is 15.0 Å². The topological polar surface area (TPSA) is 67.8 Å². The number of nitrogens with one attached hydrogen (secondary N) is 1. The van der Waals surface area contributed by atoms with Gasteiger partial charge >= 0.3 is 0 Å². The molecule has 0 unspecified atom stereocenters. The quantitative estimate of drug-likeness (QED) is 0.220. The van der Waals surface area contributed by atoms with E-state index in [0.717, 1.165) is 45.8 Å². The second kappa shape index (κ2) is 10.6. The average molecular weight is 505 g/mol. The van der Waals surface area contributed by atoms with Crippen molar-refractivity contribution >= 4 is 49.4 Å². The normalized spacial score (nSPS) is 14.4. The van der Waals surface area contributed by atoms with Gasteiger partial charge in [0.25, 0.3) is 0 Å². The first-order chi connectivity index (χ1) is 17.0. The van der Waals surface area contributed by atoms with Crippen molar-refractivity contribution in [2.75, 3.05) is 5.75 Å². The minimum absolute atomic E-state index is 0.0426. The SMILES string of the molecule is CC(C)c1nc2sc3c(SCC(=O)N[C@H](C)CCc4ccccc4)ncnc3c2c2c1CCCC2. The molecule has 1 aliphatic carbocycles. The van der Waals surface area contributed by atoms with E-state index < -0.39 is 0 Å². The van der Waals surface area contributed by atoms with Crippen LogP contribution >= 0.6 is 23.1 Å². The van der Waals surface area contributed by atoms with Crippen LogP contribution in [0.5, 0.6) is 0 Å². The third-order valence-corrected chi connectivity index (χ3v) is 8.92. The fourth-order valence-corrected chi connectivity index (χ4v) is 7.05. The number of thiophene rings is 1. The van der Waals surface area contributed by atoms with Gasteiger partial charge in [0, 0.05) is 17.1 Å². The molecular weight excluding hydrogens is 472 g/mol. The third kappa shape index (κ3) is 5.21. The minimum Gasteiger partial charge on any atom is -0.353 e. The Bertz CT molecular complexity index is 1350. The number of amides is 1. The molecule has 4 aromatic rings. The van der Waals surface area contributed by atoms with Crippen molar-refractivity contribution in [1.82, 2.24) is 20.3 Å². The summed E-state index contributed by atoms with van der Waals surface area (Å²) in [5.41, 5.74) is 6.42. The summed E-state index contributed by atoms with van der Waals surface area (Å²) in [7, 11) is 0. The Balaban J connectivity index is 1.32. The van der Waals surface area contributed by atoms with Crippen molar-refractivity contribution in [3.05, 3.63) is 59.0 Å². The van der Waals surface area contributed by atoms with Crippen LogP contribution in [-0.2, 0) is 24.1 Å². The zero-order chi connectivity index (χ0) is 24.4. The molecule has 0 fully saturated rings. The Morgan fingerprint density at radius 2 is 1.86 bits per heavy atom. The summed E-state index contributed by atoms with van der Waals surface area (Å²) >= 11 is 3.17. The summed E-state index contributed by atoms with van der Waals surface area (Å²) in [6.07, 6.45) is 8.17. The molecule has 182 valence electrons. The van der Waals surface area contributed by atoms with Gasteiger partial charge in [-0.05, 0) is 68.1 Å². The molecule has 3 heterocycles. The fraction of sp³-hybridized carbons (Fsp3) is 0.429. The zero-order valence-electron chi connectivity index (χ0n) is 20.6. The lowest BCUT2D eigenvalue weighted by molar-refractivity contribution is -0.119. The van der Waals surface area contributed by atoms with Crippen LogP contribution in [0.15, 0.2) is 41.7 Å². The van der Waals surface area contributed by atoms with Crippen molar-refractivity contribution < 1.29 is 4.79 Å². The van der Waals surface area contributed by atoms with Gasteiger partial charge in [-0.15, -0.1) is 11.3 Å². The highest BCUT2D eigenvalue weighted by molar-refractivity contribution is 8.00. The Kier molecular flexibility index (Phi) is 7.35. The van der Waals surface area contributed by atoms with Gasteiger partial charge < -0.3 is 5.32 Å². The number of aryl methyl sites for hydroxylation is 2. The lowest BCUT2D eigenvalue weighted by Crippen LogP contribution is -2.34. The number of fused-ring (bicyclic) bond motifs is 5. The second-order valence-electron chi connectivity index (χ2n) is 9.74. The van der Waals surface area contributed by atoms with Crippen molar-refractivity contribution in [3.8, 4) is 0 Å². The number of hydrogen-bond acceptors (Lipinski definition) is 6. The third-order valence-electron chi connectivity index (χ3n) is 6.72. The van der Waals surface area contributed by atoms with Crippen molar-refractivity contribution in [3.63, 3.8) is 0 Å². The first kappa shape index (κ1) is 24.2. The predicted molar refractivity (Wildman–Crippen MR) is 147 cm³/mol. The molecule has 5 nitrogen and oxygen atoms in total. The molecule has 0 radical (unpaired) electrons. The van der Waals surface area contributed by atoms with Gasteiger partial charge in [0.2, 0.25) is 5.91 Å². The van der Waals surface area contributed by atoms with Crippen LogP contribution in [-0.4, -0.2) is 32.7 Å². The van der Waals surface area contributed by atoms with Gasteiger partial charge in [-0.2, -0.15) is 0 Å². The second-order valence-corrected chi connectivity index (χ2v) is 11.7. The van der Waals surface area contributed by atoms with Crippen molar-refractivity contribution in [2.45, 2.75) is 76.3 Å². The molecule has 1 amide bonds. The standard InChI is InChI=1S/C28H32N4OS2/c1-17(2)24-21-12-8-7-11-20(21)23-25-26(35-27(23)32-24)28(30-16-29-25)34-15-22(33)31-18(3)13-14-19-9-5-4-6-10-19/h4-6,9-10,16-18H,7-8,11-15H2,1-3H3,(H,31,33)/t18-/m1/s1. The Hall–Kier alpha value is -2.51. The summed E-state index contributed by atoms with van der Waals surface area (Å²) in [6.45, 7) is 6.54. The molecule has 0 saturated heterocycles. The van der Waals surface area contributed by atoms with Crippen LogP contribution in [0.2, 0.25) is 0 Å². The number of aromatic nitrogens is 3. The summed E-state index contributed by atoms with van der Waals surface area (Å²) in [6, 6.07) is 10.5. The maximum Gasteiger partial charge on any atom is 0.230 e. The number of pyridine rings is 1. The van der Waals surface area contributed by atoms with Crippen LogP contribution in [0.4, 0.5) is 0 Å². The molecule has 1 atom stereocenters. The van der Waals surface area contributed by atoms with E-state index in [1.165, 1.54) is 52.4 Å². The zero-order valence-corrected chi connectivity index (χ0v) is 22.3. The molecular formula is C28H32N4OS2. The van der Waals surface area contributed by atoms with Crippen LogP contribution < -0.4 is 5.32 Å². The molecule has 7 heteroatoms. The van der Waals surface area contributed by atoms with Crippen molar-refractivity contribution in [2.24, 2.45) is 0 Å². The summed E-state index contributed by atoms with van der Waals surface area (Å²) < 4.78 is 1.05. The van der Waals surface area contributed by atoms with E-state index in [-0.39, 0.29) is 11.9 Å².